The van der Waals surface area contributed by atoms with Gasteiger partial charge in [-0.25, -0.2) is 4.39 Å². The molecule has 0 saturated carbocycles. The number of para-hydroxylation sites is 1. The summed E-state index contributed by atoms with van der Waals surface area (Å²) in [6, 6.07) is 7.81. The molecule has 0 fully saturated rings. The lowest BCUT2D eigenvalue weighted by Gasteiger charge is -2.08. The van der Waals surface area contributed by atoms with E-state index >= 15 is 0 Å². The average Bonchev–Trinajstić information content (AvgIpc) is 2.85. The largest absolute Gasteiger partial charge is 0.496 e. The standard InChI is InChI=1S/C13H16FN3O.ClH/c1-18-13-5-3-2-4-11(13)8-15-12-9-16-17(10-12)7-6-14;/h2-5,9-10,15H,6-8H2,1H3;1H. The average molecular weight is 286 g/mol. The number of benzene rings is 1. The second-order valence-corrected chi connectivity index (χ2v) is 3.85. The van der Waals surface area contributed by atoms with E-state index in [-0.39, 0.29) is 19.0 Å². The first kappa shape index (κ1) is 15.3. The Labute approximate surface area is 118 Å². The molecular formula is C13H17ClFN3O. The van der Waals surface area contributed by atoms with E-state index in [9.17, 15) is 4.39 Å². The van der Waals surface area contributed by atoms with Crippen molar-refractivity contribution in [2.24, 2.45) is 0 Å². The Morgan fingerprint density at radius 2 is 2.16 bits per heavy atom. The van der Waals surface area contributed by atoms with E-state index in [1.807, 2.05) is 24.3 Å². The maximum absolute atomic E-state index is 12.1. The summed E-state index contributed by atoms with van der Waals surface area (Å²) in [5, 5.41) is 7.27. The second-order valence-electron chi connectivity index (χ2n) is 3.85. The van der Waals surface area contributed by atoms with Gasteiger partial charge in [-0.2, -0.15) is 5.10 Å². The molecule has 0 aliphatic heterocycles. The fraction of sp³-hybridized carbons (Fsp3) is 0.308. The first-order chi connectivity index (χ1) is 8.83. The van der Waals surface area contributed by atoms with Crippen LogP contribution in [0.1, 0.15) is 5.56 Å². The number of alkyl halides is 1. The lowest BCUT2D eigenvalue weighted by molar-refractivity contribution is 0.410. The molecule has 1 aromatic carbocycles. The van der Waals surface area contributed by atoms with Crippen molar-refractivity contribution in [1.82, 2.24) is 9.78 Å². The minimum Gasteiger partial charge on any atom is -0.496 e. The predicted molar refractivity (Wildman–Crippen MR) is 75.8 cm³/mol. The van der Waals surface area contributed by atoms with Crippen LogP contribution in [-0.4, -0.2) is 23.6 Å². The van der Waals surface area contributed by atoms with E-state index in [0.717, 1.165) is 17.0 Å². The van der Waals surface area contributed by atoms with Crippen molar-refractivity contribution >= 4 is 18.1 Å². The van der Waals surface area contributed by atoms with Crippen LogP contribution < -0.4 is 10.1 Å². The third-order valence-corrected chi connectivity index (χ3v) is 2.62. The molecule has 104 valence electrons. The van der Waals surface area contributed by atoms with Crippen molar-refractivity contribution < 1.29 is 9.13 Å². The summed E-state index contributed by atoms with van der Waals surface area (Å²) in [5.74, 6) is 0.848. The van der Waals surface area contributed by atoms with Crippen LogP contribution in [0, 0.1) is 0 Å². The number of halogens is 2. The Morgan fingerprint density at radius 1 is 1.37 bits per heavy atom. The smallest absolute Gasteiger partial charge is 0.123 e. The van der Waals surface area contributed by atoms with Crippen molar-refractivity contribution in [3.63, 3.8) is 0 Å². The zero-order valence-electron chi connectivity index (χ0n) is 10.7. The number of rotatable bonds is 6. The lowest BCUT2D eigenvalue weighted by atomic mass is 10.2. The van der Waals surface area contributed by atoms with E-state index in [4.69, 9.17) is 4.74 Å². The van der Waals surface area contributed by atoms with E-state index in [2.05, 4.69) is 10.4 Å². The molecule has 0 spiro atoms. The molecule has 1 aromatic heterocycles. The van der Waals surface area contributed by atoms with Crippen LogP contribution in [0.15, 0.2) is 36.7 Å². The van der Waals surface area contributed by atoms with Gasteiger partial charge >= 0.3 is 0 Å². The summed E-state index contributed by atoms with van der Waals surface area (Å²) < 4.78 is 19.0. The normalized spacial score (nSPS) is 9.79. The summed E-state index contributed by atoms with van der Waals surface area (Å²) >= 11 is 0. The SMILES string of the molecule is COc1ccccc1CNc1cnn(CCF)c1.Cl. The maximum Gasteiger partial charge on any atom is 0.123 e. The maximum atomic E-state index is 12.1. The van der Waals surface area contributed by atoms with Gasteiger partial charge in [-0.1, -0.05) is 18.2 Å². The zero-order valence-corrected chi connectivity index (χ0v) is 11.5. The molecule has 0 aliphatic carbocycles. The molecule has 2 aromatic rings. The molecule has 4 nitrogen and oxygen atoms in total. The predicted octanol–water partition coefficient (Wildman–Crippen LogP) is 2.90. The van der Waals surface area contributed by atoms with Gasteiger partial charge in [0.2, 0.25) is 0 Å². The highest BCUT2D eigenvalue weighted by Crippen LogP contribution is 2.18. The summed E-state index contributed by atoms with van der Waals surface area (Å²) in [6.07, 6.45) is 3.47. The second kappa shape index (κ2) is 7.63. The molecule has 0 radical (unpaired) electrons. The van der Waals surface area contributed by atoms with Crippen LogP contribution >= 0.6 is 12.4 Å². The van der Waals surface area contributed by atoms with Gasteiger partial charge < -0.3 is 10.1 Å². The van der Waals surface area contributed by atoms with E-state index in [0.29, 0.717) is 6.54 Å². The molecule has 2 rings (SSSR count). The van der Waals surface area contributed by atoms with Crippen LogP contribution in [-0.2, 0) is 13.1 Å². The molecule has 0 saturated heterocycles. The van der Waals surface area contributed by atoms with Crippen molar-refractivity contribution in [1.29, 1.82) is 0 Å². The van der Waals surface area contributed by atoms with E-state index < -0.39 is 6.67 Å². The van der Waals surface area contributed by atoms with Gasteiger partial charge in [-0.15, -0.1) is 12.4 Å². The van der Waals surface area contributed by atoms with Crippen LogP contribution in [0.2, 0.25) is 0 Å². The number of anilines is 1. The highest BCUT2D eigenvalue weighted by atomic mass is 35.5. The Morgan fingerprint density at radius 3 is 2.89 bits per heavy atom. The van der Waals surface area contributed by atoms with Crippen molar-refractivity contribution in [3.05, 3.63) is 42.2 Å². The van der Waals surface area contributed by atoms with Crippen LogP contribution in [0.5, 0.6) is 5.75 Å². The highest BCUT2D eigenvalue weighted by molar-refractivity contribution is 5.85. The molecule has 1 heterocycles. The molecule has 0 amide bonds. The van der Waals surface area contributed by atoms with E-state index in [1.165, 1.54) is 0 Å². The third-order valence-electron chi connectivity index (χ3n) is 2.62. The summed E-state index contributed by atoms with van der Waals surface area (Å²) in [6.45, 7) is 0.523. The Kier molecular flexibility index (Phi) is 6.15. The van der Waals surface area contributed by atoms with Gasteiger partial charge in [0.25, 0.3) is 0 Å². The third kappa shape index (κ3) is 4.13. The number of aromatic nitrogens is 2. The van der Waals surface area contributed by atoms with Gasteiger partial charge in [0.05, 0.1) is 25.5 Å². The zero-order chi connectivity index (χ0) is 12.8. The number of hydrogen-bond acceptors (Lipinski definition) is 3. The van der Waals surface area contributed by atoms with Crippen LogP contribution in [0.25, 0.3) is 0 Å². The van der Waals surface area contributed by atoms with Gasteiger partial charge in [-0.05, 0) is 6.07 Å². The topological polar surface area (TPSA) is 39.1 Å². The Bertz CT molecular complexity index is 504. The van der Waals surface area contributed by atoms with Crippen molar-refractivity contribution in [3.8, 4) is 5.75 Å². The Hall–Kier alpha value is -1.75. The minimum absolute atomic E-state index is 0. The lowest BCUT2D eigenvalue weighted by Crippen LogP contribution is -2.01. The highest BCUT2D eigenvalue weighted by Gasteiger charge is 2.02. The van der Waals surface area contributed by atoms with Crippen LogP contribution in [0.4, 0.5) is 10.1 Å². The van der Waals surface area contributed by atoms with Crippen molar-refractivity contribution in [2.75, 3.05) is 19.1 Å². The monoisotopic (exact) mass is 285 g/mol. The summed E-state index contributed by atoms with van der Waals surface area (Å²) in [5.41, 5.74) is 1.94. The molecule has 0 atom stereocenters. The van der Waals surface area contributed by atoms with Gasteiger partial charge in [0, 0.05) is 18.3 Å². The van der Waals surface area contributed by atoms with Gasteiger partial charge in [0.1, 0.15) is 12.4 Å². The molecule has 0 bridgehead atoms. The molecule has 0 aliphatic rings. The minimum atomic E-state index is -0.409. The van der Waals surface area contributed by atoms with Crippen LogP contribution in [0.3, 0.4) is 0 Å². The fourth-order valence-electron chi connectivity index (χ4n) is 1.71. The number of aryl methyl sites for hydroxylation is 1. The van der Waals surface area contributed by atoms with Gasteiger partial charge in [0.15, 0.2) is 0 Å². The van der Waals surface area contributed by atoms with E-state index in [1.54, 1.807) is 24.2 Å². The Balaban J connectivity index is 0.00000180. The first-order valence-corrected chi connectivity index (χ1v) is 5.77. The number of ether oxygens (including phenoxy) is 1. The fourth-order valence-corrected chi connectivity index (χ4v) is 1.71. The number of nitrogens with one attached hydrogen (secondary N) is 1. The van der Waals surface area contributed by atoms with Crippen molar-refractivity contribution in [2.45, 2.75) is 13.1 Å². The number of nitrogens with zero attached hydrogens (tertiary/aromatic N) is 2. The summed E-state index contributed by atoms with van der Waals surface area (Å²) in [4.78, 5) is 0. The quantitative estimate of drug-likeness (QED) is 0.887. The molecule has 1 N–H and O–H groups in total. The molecule has 6 heteroatoms. The van der Waals surface area contributed by atoms with Gasteiger partial charge in [-0.3, -0.25) is 4.68 Å². The first-order valence-electron chi connectivity index (χ1n) is 5.77. The number of methoxy groups -OCH3 is 1. The molecular weight excluding hydrogens is 269 g/mol. The molecule has 19 heavy (non-hydrogen) atoms. The number of hydrogen-bond donors (Lipinski definition) is 1. The summed E-state index contributed by atoms with van der Waals surface area (Å²) in [7, 11) is 1.65. The molecule has 0 unspecified atom stereocenters.